The molecule has 1 aliphatic rings. The number of rotatable bonds is 4. The summed E-state index contributed by atoms with van der Waals surface area (Å²) in [7, 11) is 1.72. The van der Waals surface area contributed by atoms with E-state index in [9.17, 15) is 4.39 Å². The Morgan fingerprint density at radius 1 is 1.61 bits per heavy atom. The van der Waals surface area contributed by atoms with E-state index in [-0.39, 0.29) is 17.2 Å². The van der Waals surface area contributed by atoms with Gasteiger partial charge in [0, 0.05) is 32.8 Å². The Labute approximate surface area is 112 Å². The van der Waals surface area contributed by atoms with Gasteiger partial charge in [-0.3, -0.25) is 4.90 Å². The van der Waals surface area contributed by atoms with Crippen molar-refractivity contribution < 1.29 is 9.13 Å². The molecule has 2 rings (SSSR count). The number of nitrogens with zero attached hydrogens (tertiary/aromatic N) is 1. The number of benzene rings is 1. The van der Waals surface area contributed by atoms with Gasteiger partial charge in [0.1, 0.15) is 5.82 Å². The molecule has 3 nitrogen and oxygen atoms in total. The molecular formula is C13H18ClFN2O. The van der Waals surface area contributed by atoms with E-state index in [1.54, 1.807) is 13.2 Å². The molecule has 1 heterocycles. The van der Waals surface area contributed by atoms with Crippen molar-refractivity contribution in [1.82, 2.24) is 4.90 Å². The molecule has 1 saturated heterocycles. The topological polar surface area (TPSA) is 38.5 Å². The third-order valence-electron chi connectivity index (χ3n) is 3.50. The Balaban J connectivity index is 2.15. The summed E-state index contributed by atoms with van der Waals surface area (Å²) in [5, 5.41) is 0.144. The second-order valence-electron chi connectivity index (χ2n) is 4.57. The van der Waals surface area contributed by atoms with Crippen molar-refractivity contribution in [2.75, 3.05) is 26.7 Å². The summed E-state index contributed by atoms with van der Waals surface area (Å²) in [6, 6.07) is 4.92. The van der Waals surface area contributed by atoms with Gasteiger partial charge in [-0.15, -0.1) is 0 Å². The Morgan fingerprint density at radius 3 is 2.94 bits per heavy atom. The maximum absolute atomic E-state index is 13.5. The fraction of sp³-hybridized carbons (Fsp3) is 0.538. The van der Waals surface area contributed by atoms with Crippen LogP contribution < -0.4 is 5.73 Å². The summed E-state index contributed by atoms with van der Waals surface area (Å²) < 4.78 is 18.8. The van der Waals surface area contributed by atoms with Crippen LogP contribution in [0.15, 0.2) is 18.2 Å². The zero-order chi connectivity index (χ0) is 13.1. The number of hydrogen-bond acceptors (Lipinski definition) is 3. The first-order chi connectivity index (χ1) is 8.65. The highest BCUT2D eigenvalue weighted by Crippen LogP contribution is 2.27. The van der Waals surface area contributed by atoms with Crippen LogP contribution >= 0.6 is 11.6 Å². The first-order valence-electron chi connectivity index (χ1n) is 6.07. The van der Waals surface area contributed by atoms with E-state index in [1.807, 2.05) is 6.07 Å². The highest BCUT2D eigenvalue weighted by Gasteiger charge is 2.28. The van der Waals surface area contributed by atoms with E-state index >= 15 is 0 Å². The molecule has 1 aromatic rings. The molecule has 0 bridgehead atoms. The third kappa shape index (κ3) is 2.83. The van der Waals surface area contributed by atoms with Crippen LogP contribution in [0, 0.1) is 5.82 Å². The summed E-state index contributed by atoms with van der Waals surface area (Å²) in [6.07, 6.45) is 1.24. The van der Waals surface area contributed by atoms with Crippen LogP contribution in [0.5, 0.6) is 0 Å². The molecule has 0 aromatic heterocycles. The van der Waals surface area contributed by atoms with Crippen molar-refractivity contribution in [2.45, 2.75) is 18.6 Å². The average Bonchev–Trinajstić information content (AvgIpc) is 2.83. The molecule has 1 aliphatic heterocycles. The minimum absolute atomic E-state index is 0.0249. The number of hydrogen-bond donors (Lipinski definition) is 1. The highest BCUT2D eigenvalue weighted by molar-refractivity contribution is 6.30. The molecule has 0 spiro atoms. The van der Waals surface area contributed by atoms with Crippen LogP contribution in [0.3, 0.4) is 0 Å². The molecule has 0 saturated carbocycles. The Bertz CT molecular complexity index is 416. The largest absolute Gasteiger partial charge is 0.380 e. The second kappa shape index (κ2) is 5.97. The molecule has 100 valence electrons. The molecule has 18 heavy (non-hydrogen) atoms. The van der Waals surface area contributed by atoms with Gasteiger partial charge in [-0.1, -0.05) is 17.7 Å². The summed E-state index contributed by atoms with van der Waals surface area (Å²) in [5.41, 5.74) is 6.69. The minimum atomic E-state index is -0.393. The number of methoxy groups -OCH3 is 1. The fourth-order valence-electron chi connectivity index (χ4n) is 2.45. The van der Waals surface area contributed by atoms with Gasteiger partial charge in [-0.2, -0.15) is 0 Å². The summed E-state index contributed by atoms with van der Waals surface area (Å²) in [4.78, 5) is 2.23. The van der Waals surface area contributed by atoms with Gasteiger partial charge in [-0.25, -0.2) is 4.39 Å². The zero-order valence-corrected chi connectivity index (χ0v) is 11.2. The lowest BCUT2D eigenvalue weighted by molar-refractivity contribution is 0.101. The molecule has 2 unspecified atom stereocenters. The molecule has 0 radical (unpaired) electrons. The van der Waals surface area contributed by atoms with Gasteiger partial charge >= 0.3 is 0 Å². The predicted molar refractivity (Wildman–Crippen MR) is 70.2 cm³/mol. The third-order valence-corrected chi connectivity index (χ3v) is 3.81. The molecule has 0 aliphatic carbocycles. The highest BCUT2D eigenvalue weighted by atomic mass is 35.5. The van der Waals surface area contributed by atoms with E-state index in [0.717, 1.165) is 25.1 Å². The van der Waals surface area contributed by atoms with Crippen LogP contribution in [0.1, 0.15) is 18.0 Å². The maximum Gasteiger partial charge on any atom is 0.142 e. The number of ether oxygens (including phenoxy) is 1. The van der Waals surface area contributed by atoms with E-state index in [4.69, 9.17) is 22.1 Å². The molecule has 5 heteroatoms. The maximum atomic E-state index is 13.5. The summed E-state index contributed by atoms with van der Waals surface area (Å²) >= 11 is 5.69. The summed E-state index contributed by atoms with van der Waals surface area (Å²) in [6.45, 7) is 2.21. The fourth-order valence-corrected chi connectivity index (χ4v) is 2.56. The predicted octanol–water partition coefficient (Wildman–Crippen LogP) is 2.20. The average molecular weight is 273 g/mol. The molecule has 1 fully saturated rings. The van der Waals surface area contributed by atoms with Crippen LogP contribution in [0.4, 0.5) is 4.39 Å². The van der Waals surface area contributed by atoms with Gasteiger partial charge in [0.05, 0.1) is 11.1 Å². The summed E-state index contributed by atoms with van der Waals surface area (Å²) in [5.74, 6) is -0.393. The van der Waals surface area contributed by atoms with Gasteiger partial charge in [-0.05, 0) is 24.1 Å². The van der Waals surface area contributed by atoms with Gasteiger partial charge in [0.25, 0.3) is 0 Å². The lowest BCUT2D eigenvalue weighted by atomic mass is 10.1. The SMILES string of the molecule is COC1CCN(C(CN)c2ccc(Cl)c(F)c2)C1. The lowest BCUT2D eigenvalue weighted by Gasteiger charge is -2.27. The molecular weight excluding hydrogens is 255 g/mol. The van der Waals surface area contributed by atoms with Gasteiger partial charge in [0.15, 0.2) is 0 Å². The normalized spacial score (nSPS) is 22.3. The van der Waals surface area contributed by atoms with E-state index in [0.29, 0.717) is 6.54 Å². The first kappa shape index (κ1) is 13.7. The van der Waals surface area contributed by atoms with Crippen molar-refractivity contribution >= 4 is 11.6 Å². The minimum Gasteiger partial charge on any atom is -0.380 e. The standard InChI is InChI=1S/C13H18ClFN2O/c1-18-10-4-5-17(8-10)13(7-16)9-2-3-11(14)12(15)6-9/h2-3,6,10,13H,4-5,7-8,16H2,1H3. The Hall–Kier alpha value is -0.680. The van der Waals surface area contributed by atoms with Crippen molar-refractivity contribution in [3.05, 3.63) is 34.6 Å². The lowest BCUT2D eigenvalue weighted by Crippen LogP contribution is -2.33. The Morgan fingerprint density at radius 2 is 2.39 bits per heavy atom. The zero-order valence-electron chi connectivity index (χ0n) is 10.4. The molecule has 2 N–H and O–H groups in total. The second-order valence-corrected chi connectivity index (χ2v) is 4.97. The number of halogens is 2. The van der Waals surface area contributed by atoms with E-state index in [2.05, 4.69) is 4.90 Å². The Kier molecular flexibility index (Phi) is 4.56. The van der Waals surface area contributed by atoms with Crippen LogP contribution in [-0.4, -0.2) is 37.7 Å². The first-order valence-corrected chi connectivity index (χ1v) is 6.45. The van der Waals surface area contributed by atoms with E-state index in [1.165, 1.54) is 6.07 Å². The van der Waals surface area contributed by atoms with Gasteiger partial charge < -0.3 is 10.5 Å². The van der Waals surface area contributed by atoms with Crippen molar-refractivity contribution in [1.29, 1.82) is 0 Å². The van der Waals surface area contributed by atoms with Crippen molar-refractivity contribution in [3.8, 4) is 0 Å². The van der Waals surface area contributed by atoms with Crippen LogP contribution in [0.25, 0.3) is 0 Å². The smallest absolute Gasteiger partial charge is 0.142 e. The molecule has 1 aromatic carbocycles. The monoisotopic (exact) mass is 272 g/mol. The number of likely N-dealkylation sites (tertiary alicyclic amines) is 1. The molecule has 2 atom stereocenters. The van der Waals surface area contributed by atoms with Crippen LogP contribution in [-0.2, 0) is 4.74 Å². The van der Waals surface area contributed by atoms with Gasteiger partial charge in [0.2, 0.25) is 0 Å². The van der Waals surface area contributed by atoms with Crippen LogP contribution in [0.2, 0.25) is 5.02 Å². The quantitative estimate of drug-likeness (QED) is 0.913. The molecule has 0 amide bonds. The number of nitrogens with two attached hydrogens (primary N) is 1. The van der Waals surface area contributed by atoms with Crippen molar-refractivity contribution in [2.24, 2.45) is 5.73 Å². The van der Waals surface area contributed by atoms with E-state index < -0.39 is 5.82 Å². The van der Waals surface area contributed by atoms with Crippen molar-refractivity contribution in [3.63, 3.8) is 0 Å².